The van der Waals surface area contributed by atoms with Crippen molar-refractivity contribution < 1.29 is 22.7 Å². The van der Waals surface area contributed by atoms with Crippen molar-refractivity contribution >= 4 is 27.9 Å². The van der Waals surface area contributed by atoms with Crippen LogP contribution in [0.4, 0.5) is 10.1 Å². The van der Waals surface area contributed by atoms with Crippen molar-refractivity contribution in [1.82, 2.24) is 4.72 Å². The molecule has 0 heterocycles. The van der Waals surface area contributed by atoms with Crippen molar-refractivity contribution in [2.24, 2.45) is 0 Å². The lowest BCUT2D eigenvalue weighted by Crippen LogP contribution is -2.30. The predicted octanol–water partition coefficient (Wildman–Crippen LogP) is 1.58. The Kier molecular flexibility index (Phi) is 5.66. The van der Waals surface area contributed by atoms with E-state index >= 15 is 0 Å². The molecular weight excluding hydrogens is 287 g/mol. The molecule has 1 aromatic carbocycles. The van der Waals surface area contributed by atoms with E-state index in [2.05, 4.69) is 9.44 Å². The Hall–Kier alpha value is -1.93. The Morgan fingerprint density at radius 2 is 2.15 bits per heavy atom. The van der Waals surface area contributed by atoms with Crippen molar-refractivity contribution in [3.05, 3.63) is 35.7 Å². The summed E-state index contributed by atoms with van der Waals surface area (Å²) in [5, 5.41) is 8.45. The van der Waals surface area contributed by atoms with Crippen LogP contribution in [-0.2, 0) is 15.0 Å². The highest BCUT2D eigenvalue weighted by Gasteiger charge is 2.10. The number of nitrogens with one attached hydrogen (secondary N) is 2. The number of halogens is 1. The monoisotopic (exact) mass is 302 g/mol. The van der Waals surface area contributed by atoms with Gasteiger partial charge >= 0.3 is 5.97 Å². The fourth-order valence-electron chi connectivity index (χ4n) is 1.31. The summed E-state index contributed by atoms with van der Waals surface area (Å²) < 4.78 is 41.1. The minimum Gasteiger partial charge on any atom is -0.478 e. The second-order valence-corrected chi connectivity index (χ2v) is 5.41. The van der Waals surface area contributed by atoms with Gasteiger partial charge < -0.3 is 5.11 Å². The fraction of sp³-hybridized carbons (Fsp3) is 0.250. The summed E-state index contributed by atoms with van der Waals surface area (Å²) in [6, 6.07) is 3.61. The third-order valence-electron chi connectivity index (χ3n) is 2.20. The second-order valence-electron chi connectivity index (χ2n) is 3.91. The van der Waals surface area contributed by atoms with Gasteiger partial charge in [0.2, 0.25) is 0 Å². The lowest BCUT2D eigenvalue weighted by Gasteiger charge is -2.09. The van der Waals surface area contributed by atoms with E-state index in [0.717, 1.165) is 18.2 Å². The molecule has 0 aliphatic rings. The Balaban J connectivity index is 2.85. The first kappa shape index (κ1) is 16.1. The van der Waals surface area contributed by atoms with Gasteiger partial charge in [-0.2, -0.15) is 13.1 Å². The molecule has 1 aromatic rings. The molecule has 1 rings (SSSR count). The van der Waals surface area contributed by atoms with E-state index in [-0.39, 0.29) is 17.8 Å². The third-order valence-corrected chi connectivity index (χ3v) is 3.29. The average molecular weight is 302 g/mol. The molecular formula is C12H15FN2O4S. The van der Waals surface area contributed by atoms with Crippen LogP contribution in [0.25, 0.3) is 6.08 Å². The molecule has 0 fully saturated rings. The number of carboxylic acids is 1. The van der Waals surface area contributed by atoms with Crippen molar-refractivity contribution in [1.29, 1.82) is 0 Å². The van der Waals surface area contributed by atoms with Crippen LogP contribution in [0.15, 0.2) is 24.3 Å². The standard InChI is InChI=1S/C12H15FN2O4S/c1-2-7-14-20(18,19)15-10-5-3-9(11(13)8-10)4-6-12(16)17/h3-6,8,14-15H,2,7H2,1H3,(H,16,17)/b6-4+. The summed E-state index contributed by atoms with van der Waals surface area (Å²) >= 11 is 0. The van der Waals surface area contributed by atoms with Crippen LogP contribution in [0.1, 0.15) is 18.9 Å². The van der Waals surface area contributed by atoms with Crippen LogP contribution in [0.5, 0.6) is 0 Å². The molecule has 0 unspecified atom stereocenters. The van der Waals surface area contributed by atoms with E-state index < -0.39 is 22.0 Å². The number of carbonyl (C=O) groups is 1. The van der Waals surface area contributed by atoms with Gasteiger partial charge in [-0.25, -0.2) is 9.18 Å². The maximum absolute atomic E-state index is 13.6. The molecule has 0 aliphatic carbocycles. The van der Waals surface area contributed by atoms with E-state index in [4.69, 9.17) is 5.11 Å². The Morgan fingerprint density at radius 1 is 1.45 bits per heavy atom. The number of carboxylic acid groups (broad SMARTS) is 1. The Morgan fingerprint density at radius 3 is 2.70 bits per heavy atom. The van der Waals surface area contributed by atoms with Gasteiger partial charge in [-0.05, 0) is 30.7 Å². The zero-order valence-electron chi connectivity index (χ0n) is 10.8. The highest BCUT2D eigenvalue weighted by atomic mass is 32.2. The molecule has 0 saturated carbocycles. The number of rotatable bonds is 7. The van der Waals surface area contributed by atoms with Gasteiger partial charge in [-0.15, -0.1) is 0 Å². The smallest absolute Gasteiger partial charge is 0.328 e. The summed E-state index contributed by atoms with van der Waals surface area (Å²) in [7, 11) is -3.73. The molecule has 0 atom stereocenters. The fourth-order valence-corrected chi connectivity index (χ4v) is 2.30. The zero-order valence-corrected chi connectivity index (χ0v) is 11.6. The van der Waals surface area contributed by atoms with Gasteiger partial charge in [-0.3, -0.25) is 4.72 Å². The molecule has 3 N–H and O–H groups in total. The molecule has 0 bridgehead atoms. The lowest BCUT2D eigenvalue weighted by molar-refractivity contribution is -0.131. The molecule has 6 nitrogen and oxygen atoms in total. The first-order valence-electron chi connectivity index (χ1n) is 5.82. The van der Waals surface area contributed by atoms with Crippen molar-refractivity contribution in [2.45, 2.75) is 13.3 Å². The zero-order chi connectivity index (χ0) is 15.2. The average Bonchev–Trinajstić information content (AvgIpc) is 2.35. The van der Waals surface area contributed by atoms with Gasteiger partial charge in [0.15, 0.2) is 0 Å². The molecule has 0 radical (unpaired) electrons. The van der Waals surface area contributed by atoms with Gasteiger partial charge in [0.05, 0.1) is 5.69 Å². The van der Waals surface area contributed by atoms with Crippen LogP contribution >= 0.6 is 0 Å². The van der Waals surface area contributed by atoms with E-state index in [1.165, 1.54) is 12.1 Å². The highest BCUT2D eigenvalue weighted by molar-refractivity contribution is 7.90. The van der Waals surface area contributed by atoms with E-state index in [9.17, 15) is 17.6 Å². The van der Waals surface area contributed by atoms with E-state index in [0.29, 0.717) is 6.42 Å². The van der Waals surface area contributed by atoms with Gasteiger partial charge in [0.25, 0.3) is 10.2 Å². The lowest BCUT2D eigenvalue weighted by atomic mass is 10.2. The molecule has 0 spiro atoms. The summed E-state index contributed by atoms with van der Waals surface area (Å²) in [6.45, 7) is 2.09. The Bertz CT molecular complexity index is 614. The molecule has 110 valence electrons. The van der Waals surface area contributed by atoms with Gasteiger partial charge in [0, 0.05) is 18.2 Å². The number of aliphatic carboxylic acids is 1. The molecule has 20 heavy (non-hydrogen) atoms. The van der Waals surface area contributed by atoms with Crippen molar-refractivity contribution in [3.8, 4) is 0 Å². The molecule has 8 heteroatoms. The topological polar surface area (TPSA) is 95.5 Å². The summed E-state index contributed by atoms with van der Waals surface area (Å²) in [5.41, 5.74) is 0.107. The van der Waals surface area contributed by atoms with Crippen molar-refractivity contribution in [2.75, 3.05) is 11.3 Å². The SMILES string of the molecule is CCCNS(=O)(=O)Nc1ccc(/C=C/C(=O)O)c(F)c1. The highest BCUT2D eigenvalue weighted by Crippen LogP contribution is 2.16. The van der Waals surface area contributed by atoms with E-state index in [1.54, 1.807) is 0 Å². The summed E-state index contributed by atoms with van der Waals surface area (Å²) in [5.74, 6) is -1.92. The third kappa shape index (κ3) is 5.37. The molecule has 0 saturated heterocycles. The Labute approximate surface area is 116 Å². The van der Waals surface area contributed by atoms with Crippen LogP contribution in [0.3, 0.4) is 0 Å². The number of hydrogen-bond donors (Lipinski definition) is 3. The van der Waals surface area contributed by atoms with Crippen LogP contribution in [0, 0.1) is 5.82 Å². The van der Waals surface area contributed by atoms with Crippen LogP contribution < -0.4 is 9.44 Å². The van der Waals surface area contributed by atoms with Crippen LogP contribution in [-0.4, -0.2) is 26.0 Å². The van der Waals surface area contributed by atoms with E-state index in [1.807, 2.05) is 6.92 Å². The maximum Gasteiger partial charge on any atom is 0.328 e. The van der Waals surface area contributed by atoms with Crippen molar-refractivity contribution in [3.63, 3.8) is 0 Å². The second kappa shape index (κ2) is 7.01. The number of hydrogen-bond acceptors (Lipinski definition) is 3. The van der Waals surface area contributed by atoms with Crippen LogP contribution in [0.2, 0.25) is 0 Å². The largest absolute Gasteiger partial charge is 0.478 e. The normalized spacial score (nSPS) is 11.7. The summed E-state index contributed by atoms with van der Waals surface area (Å²) in [4.78, 5) is 10.3. The minimum atomic E-state index is -3.73. The molecule has 0 aromatic heterocycles. The molecule has 0 amide bonds. The van der Waals surface area contributed by atoms with Gasteiger partial charge in [0.1, 0.15) is 5.82 Å². The predicted molar refractivity (Wildman–Crippen MR) is 73.9 cm³/mol. The first-order valence-corrected chi connectivity index (χ1v) is 7.30. The quantitative estimate of drug-likeness (QED) is 0.666. The minimum absolute atomic E-state index is 0.0527. The molecule has 0 aliphatic heterocycles. The number of anilines is 1. The number of benzene rings is 1. The van der Waals surface area contributed by atoms with Gasteiger partial charge in [-0.1, -0.05) is 6.92 Å². The maximum atomic E-state index is 13.6. The summed E-state index contributed by atoms with van der Waals surface area (Å²) in [6.07, 6.45) is 2.52. The first-order chi connectivity index (χ1) is 9.34.